The van der Waals surface area contributed by atoms with Crippen molar-refractivity contribution < 1.29 is 41.7 Å². The SMILES string of the molecule is O=C([O-])C=CC(=O)[O-].[OH-].[OH-].[OH-].[OH-].[Pb+2].[Pb+2].[Pb+2].[Pb+2].[Pb+2].[Pb+2]. The van der Waals surface area contributed by atoms with E-state index in [0.29, 0.717) is 12.2 Å². The molecule has 18 heavy (non-hydrogen) atoms. The Morgan fingerprint density at radius 2 is 0.667 bits per heavy atom. The Morgan fingerprint density at radius 1 is 0.556 bits per heavy atom. The summed E-state index contributed by atoms with van der Waals surface area (Å²) in [5.41, 5.74) is 0. The maximum Gasteiger partial charge on any atom is 2.00 e. The first-order chi connectivity index (χ1) is 3.63. The summed E-state index contributed by atoms with van der Waals surface area (Å²) < 4.78 is 0. The first kappa shape index (κ1) is 80.0. The molecule has 0 spiro atoms. The molecule has 0 heterocycles. The van der Waals surface area contributed by atoms with Crippen LogP contribution in [0.1, 0.15) is 0 Å². The van der Waals surface area contributed by atoms with E-state index in [0.717, 1.165) is 0 Å². The fraction of sp³-hybridized carbons (Fsp3) is 0. The maximum absolute atomic E-state index is 9.41. The summed E-state index contributed by atoms with van der Waals surface area (Å²) in [6.45, 7) is 0. The van der Waals surface area contributed by atoms with Crippen LogP contribution in [-0.4, -0.2) is 198 Å². The molecule has 12 radical (unpaired) electrons. The Bertz CT molecular complexity index is 139. The molecule has 0 saturated carbocycles. The zero-order valence-corrected chi connectivity index (χ0v) is 31.9. The Balaban J connectivity index is -0.00000000544. The third kappa shape index (κ3) is 88.8. The van der Waals surface area contributed by atoms with Crippen molar-refractivity contribution in [3.8, 4) is 0 Å². The van der Waals surface area contributed by atoms with E-state index in [9.17, 15) is 19.8 Å². The number of carboxylic acids is 2. The van der Waals surface area contributed by atoms with Crippen molar-refractivity contribution in [2.45, 2.75) is 0 Å². The summed E-state index contributed by atoms with van der Waals surface area (Å²) in [7, 11) is 0. The largest absolute Gasteiger partial charge is 2.00 e. The second-order valence-corrected chi connectivity index (χ2v) is 0.971. The van der Waals surface area contributed by atoms with Crippen LogP contribution in [0.25, 0.3) is 0 Å². The van der Waals surface area contributed by atoms with Crippen LogP contribution >= 0.6 is 0 Å². The van der Waals surface area contributed by atoms with Gasteiger partial charge in [-0.15, -0.1) is 0 Å². The third-order valence-corrected chi connectivity index (χ3v) is 0.355. The Morgan fingerprint density at radius 3 is 0.722 bits per heavy atom. The maximum atomic E-state index is 9.41. The standard InChI is InChI=1S/C4H4O4.4H2O.6Pb/c5-3(6)1-2-4(7)8;;;;;;;;;;/h1-2H,(H,5,6)(H,7,8);4*1H2;;;;;;/q;;;;;6*+2/p-6. The molecule has 0 aromatic carbocycles. The molecule has 14 heteroatoms. The van der Waals surface area contributed by atoms with Crippen molar-refractivity contribution in [1.82, 2.24) is 0 Å². The van der Waals surface area contributed by atoms with E-state index in [2.05, 4.69) is 0 Å². The molecule has 0 rings (SSSR count). The second kappa shape index (κ2) is 58.3. The number of hydrogen-bond donors (Lipinski definition) is 0. The van der Waals surface area contributed by atoms with Crippen LogP contribution in [0, 0.1) is 0 Å². The van der Waals surface area contributed by atoms with E-state index >= 15 is 0 Å². The summed E-state index contributed by atoms with van der Waals surface area (Å²) in [6.07, 6.45) is 0.769. The quantitative estimate of drug-likeness (QED) is 0.192. The van der Waals surface area contributed by atoms with Crippen molar-refractivity contribution in [3.05, 3.63) is 12.2 Å². The Kier molecular flexibility index (Phi) is 259. The monoisotopic (exact) mass is 1430 g/mol. The molecule has 8 nitrogen and oxygen atoms in total. The van der Waals surface area contributed by atoms with Crippen LogP contribution in [0.3, 0.4) is 0 Å². The van der Waals surface area contributed by atoms with Crippen molar-refractivity contribution in [2.75, 3.05) is 0 Å². The van der Waals surface area contributed by atoms with Gasteiger partial charge in [-0.2, -0.15) is 0 Å². The molecule has 0 aromatic heterocycles. The van der Waals surface area contributed by atoms with E-state index in [4.69, 9.17) is 0 Å². The normalized spacial score (nSPS) is 4.22. The van der Waals surface area contributed by atoms with Crippen LogP contribution < -0.4 is 10.2 Å². The van der Waals surface area contributed by atoms with E-state index in [1.165, 1.54) is 0 Å². The molecular formula is C4H6O8Pb6+6. The molecule has 0 aromatic rings. The summed E-state index contributed by atoms with van der Waals surface area (Å²) in [5.74, 6) is -3.09. The summed E-state index contributed by atoms with van der Waals surface area (Å²) in [6, 6.07) is 0. The van der Waals surface area contributed by atoms with Gasteiger partial charge in [-0.3, -0.25) is 0 Å². The number of aliphatic carboxylic acids is 2. The molecule has 0 aliphatic rings. The van der Waals surface area contributed by atoms with Gasteiger partial charge >= 0.3 is 164 Å². The van der Waals surface area contributed by atoms with Crippen molar-refractivity contribution >= 4 is 176 Å². The third-order valence-electron chi connectivity index (χ3n) is 0.355. The number of hydrogen-bond acceptors (Lipinski definition) is 8. The minimum absolute atomic E-state index is 0. The van der Waals surface area contributed by atoms with Gasteiger partial charge in [0.25, 0.3) is 0 Å². The zero-order valence-electron chi connectivity index (χ0n) is 8.58. The molecule has 0 fully saturated rings. The van der Waals surface area contributed by atoms with E-state index < -0.39 is 11.9 Å². The van der Waals surface area contributed by atoms with Crippen LogP contribution in [0.2, 0.25) is 0 Å². The predicted molar refractivity (Wildman–Crippen MR) is 61.4 cm³/mol. The second-order valence-electron chi connectivity index (χ2n) is 0.971. The van der Waals surface area contributed by atoms with Gasteiger partial charge in [-0.1, -0.05) is 0 Å². The van der Waals surface area contributed by atoms with E-state index in [-0.39, 0.29) is 186 Å². The summed E-state index contributed by atoms with van der Waals surface area (Å²) in [4.78, 5) is 18.8. The molecule has 0 unspecified atom stereocenters. The van der Waals surface area contributed by atoms with Gasteiger partial charge in [-0.05, 0) is 12.2 Å². The molecule has 0 atom stereocenters. The summed E-state index contributed by atoms with van der Waals surface area (Å²) in [5, 5.41) is 18.8. The van der Waals surface area contributed by atoms with Gasteiger partial charge < -0.3 is 41.7 Å². The average Bonchev–Trinajstić information content (AvgIpc) is 1.61. The van der Waals surface area contributed by atoms with Crippen LogP contribution in [-0.2, 0) is 9.59 Å². The number of rotatable bonds is 2. The summed E-state index contributed by atoms with van der Waals surface area (Å²) >= 11 is 0. The molecular weight excluding hydrogens is 1420 g/mol. The van der Waals surface area contributed by atoms with Gasteiger partial charge in [0.2, 0.25) is 0 Å². The van der Waals surface area contributed by atoms with E-state index in [1.54, 1.807) is 0 Å². The van der Waals surface area contributed by atoms with E-state index in [1.807, 2.05) is 0 Å². The topological polar surface area (TPSA) is 200 Å². The molecule has 0 saturated heterocycles. The Labute approximate surface area is 225 Å². The van der Waals surface area contributed by atoms with Crippen LogP contribution in [0.15, 0.2) is 12.2 Å². The fourth-order valence-corrected chi connectivity index (χ4v) is 0.136. The van der Waals surface area contributed by atoms with Crippen molar-refractivity contribution in [3.63, 3.8) is 0 Å². The zero-order chi connectivity index (χ0) is 6.57. The van der Waals surface area contributed by atoms with Gasteiger partial charge in [-0.25, -0.2) is 0 Å². The van der Waals surface area contributed by atoms with Crippen LogP contribution in [0.5, 0.6) is 0 Å². The first-order valence-electron chi connectivity index (χ1n) is 1.73. The molecule has 0 aliphatic carbocycles. The predicted octanol–water partition coefficient (Wildman–Crippen LogP) is -5.95. The van der Waals surface area contributed by atoms with Gasteiger partial charge in [0.1, 0.15) is 0 Å². The number of carbonyl (C=O) groups excluding carboxylic acids is 2. The smallest absolute Gasteiger partial charge is 0.870 e. The first-order valence-corrected chi connectivity index (χ1v) is 1.73. The van der Waals surface area contributed by atoms with Gasteiger partial charge in [0.05, 0.1) is 11.9 Å². The fourth-order valence-electron chi connectivity index (χ4n) is 0.136. The minimum atomic E-state index is -1.55. The van der Waals surface area contributed by atoms with Crippen LogP contribution in [0.4, 0.5) is 0 Å². The Hall–Kier alpha value is 4.05. The molecule has 0 amide bonds. The van der Waals surface area contributed by atoms with Crippen molar-refractivity contribution in [2.24, 2.45) is 0 Å². The number of carboxylic acid groups (broad SMARTS) is 2. The molecule has 88 valence electrons. The van der Waals surface area contributed by atoms with Gasteiger partial charge in [0.15, 0.2) is 0 Å². The molecule has 4 N–H and O–H groups in total. The van der Waals surface area contributed by atoms with Crippen molar-refractivity contribution in [1.29, 1.82) is 0 Å². The number of carbonyl (C=O) groups is 2. The van der Waals surface area contributed by atoms with Gasteiger partial charge in [0, 0.05) is 0 Å². The minimum Gasteiger partial charge on any atom is -0.870 e. The molecule has 0 aliphatic heterocycles. The average molecular weight is 1430 g/mol. The molecule has 0 bridgehead atoms.